The summed E-state index contributed by atoms with van der Waals surface area (Å²) in [4.78, 5) is 19.7. The molecule has 0 saturated carbocycles. The number of nitrogens with one attached hydrogen (secondary N) is 2. The molecular weight excluding hydrogens is 464 g/mol. The second-order valence-corrected chi connectivity index (χ2v) is 10.0. The molecule has 0 aliphatic heterocycles. The molecule has 0 aliphatic carbocycles. The van der Waals surface area contributed by atoms with E-state index in [9.17, 15) is 22.0 Å². The second-order valence-electron chi connectivity index (χ2n) is 7.80. The third kappa shape index (κ3) is 3.45. The van der Waals surface area contributed by atoms with E-state index in [1.807, 2.05) is 0 Å². The minimum Gasteiger partial charge on any atom is -0.357 e. The third-order valence-corrected chi connectivity index (χ3v) is 7.40. The van der Waals surface area contributed by atoms with Gasteiger partial charge in [-0.2, -0.15) is 0 Å². The molecule has 11 heteroatoms. The molecule has 4 heterocycles. The lowest BCUT2D eigenvalue weighted by molar-refractivity contribution is 0.586. The number of aromatic nitrogens is 4. The Hall–Kier alpha value is -3.99. The van der Waals surface area contributed by atoms with Crippen LogP contribution in [0.15, 0.2) is 64.9 Å². The molecule has 2 N–H and O–H groups in total. The molecule has 0 saturated heterocycles. The molecule has 8 nitrogen and oxygen atoms in total. The highest BCUT2D eigenvalue weighted by Crippen LogP contribution is 2.36. The maximum Gasteiger partial charge on any atom is 0.274 e. The molecule has 0 spiro atoms. The molecule has 0 amide bonds. The number of halogens is 2. The SMILES string of the molecule is CCS(=O)(=O)c1cnc2cc(Nc3ccc(F)cc3F)c(-c3cn(C)c(=O)c4[nH]ccc34)cn12. The molecular formula is C23H19F2N5O3S. The van der Waals surface area contributed by atoms with Crippen molar-refractivity contribution in [1.82, 2.24) is 18.9 Å². The fourth-order valence-corrected chi connectivity index (χ4v) is 4.87. The molecule has 0 fully saturated rings. The Morgan fingerprint density at radius 3 is 2.62 bits per heavy atom. The minimum atomic E-state index is -3.59. The highest BCUT2D eigenvalue weighted by Gasteiger charge is 2.21. The zero-order chi connectivity index (χ0) is 24.2. The van der Waals surface area contributed by atoms with Crippen LogP contribution >= 0.6 is 0 Å². The van der Waals surface area contributed by atoms with Crippen LogP contribution in [0, 0.1) is 11.6 Å². The number of sulfone groups is 1. The Bertz CT molecular complexity index is 1750. The fraction of sp³-hybridized carbons (Fsp3) is 0.130. The van der Waals surface area contributed by atoms with Gasteiger partial charge in [0, 0.05) is 54.3 Å². The fourth-order valence-electron chi connectivity index (χ4n) is 3.92. The number of aryl methyl sites for hydroxylation is 1. The number of hydrogen-bond acceptors (Lipinski definition) is 5. The van der Waals surface area contributed by atoms with Crippen molar-refractivity contribution in [2.45, 2.75) is 11.9 Å². The number of rotatable bonds is 5. The van der Waals surface area contributed by atoms with Crippen molar-refractivity contribution in [1.29, 1.82) is 0 Å². The second kappa shape index (κ2) is 7.80. The highest BCUT2D eigenvalue weighted by atomic mass is 32.2. The van der Waals surface area contributed by atoms with Crippen molar-refractivity contribution in [3.8, 4) is 11.1 Å². The maximum atomic E-state index is 14.5. The predicted molar refractivity (Wildman–Crippen MR) is 125 cm³/mol. The first-order valence-electron chi connectivity index (χ1n) is 10.3. The summed E-state index contributed by atoms with van der Waals surface area (Å²) in [6.07, 6.45) is 6.11. The molecule has 0 unspecified atom stereocenters. The lowest BCUT2D eigenvalue weighted by atomic mass is 10.0. The van der Waals surface area contributed by atoms with Gasteiger partial charge >= 0.3 is 0 Å². The van der Waals surface area contributed by atoms with E-state index in [4.69, 9.17) is 0 Å². The monoisotopic (exact) mass is 483 g/mol. The lowest BCUT2D eigenvalue weighted by Gasteiger charge is -2.16. The van der Waals surface area contributed by atoms with Crippen LogP contribution in [0.25, 0.3) is 27.7 Å². The van der Waals surface area contributed by atoms with Gasteiger partial charge in [0.1, 0.15) is 22.8 Å². The molecule has 1 aromatic carbocycles. The van der Waals surface area contributed by atoms with Crippen LogP contribution in [0.4, 0.5) is 20.2 Å². The van der Waals surface area contributed by atoms with Crippen LogP contribution in [-0.4, -0.2) is 33.1 Å². The average Bonchev–Trinajstić information content (AvgIpc) is 3.45. The first kappa shape index (κ1) is 21.8. The van der Waals surface area contributed by atoms with E-state index in [1.54, 1.807) is 44.7 Å². The number of aromatic amines is 1. The van der Waals surface area contributed by atoms with Gasteiger partial charge in [-0.05, 0) is 18.2 Å². The summed E-state index contributed by atoms with van der Waals surface area (Å²) >= 11 is 0. The summed E-state index contributed by atoms with van der Waals surface area (Å²) in [5.74, 6) is -1.62. The summed E-state index contributed by atoms with van der Waals surface area (Å²) in [6, 6.07) is 6.47. The zero-order valence-electron chi connectivity index (χ0n) is 18.1. The van der Waals surface area contributed by atoms with Crippen molar-refractivity contribution in [3.63, 3.8) is 0 Å². The van der Waals surface area contributed by atoms with Gasteiger partial charge < -0.3 is 14.9 Å². The molecule has 0 radical (unpaired) electrons. The van der Waals surface area contributed by atoms with Gasteiger partial charge in [-0.1, -0.05) is 6.92 Å². The van der Waals surface area contributed by atoms with E-state index in [1.165, 1.54) is 21.2 Å². The van der Waals surface area contributed by atoms with Crippen molar-refractivity contribution in [2.24, 2.45) is 7.05 Å². The van der Waals surface area contributed by atoms with E-state index < -0.39 is 21.5 Å². The Morgan fingerprint density at radius 1 is 1.09 bits per heavy atom. The van der Waals surface area contributed by atoms with Gasteiger partial charge in [-0.25, -0.2) is 22.2 Å². The van der Waals surface area contributed by atoms with Crippen LogP contribution in [-0.2, 0) is 16.9 Å². The normalized spacial score (nSPS) is 12.0. The van der Waals surface area contributed by atoms with Crippen molar-refractivity contribution >= 4 is 37.8 Å². The first-order chi connectivity index (χ1) is 16.2. The van der Waals surface area contributed by atoms with Crippen molar-refractivity contribution in [2.75, 3.05) is 11.1 Å². The van der Waals surface area contributed by atoms with E-state index >= 15 is 0 Å². The van der Waals surface area contributed by atoms with E-state index in [0.29, 0.717) is 33.4 Å². The average molecular weight is 484 g/mol. The number of fused-ring (bicyclic) bond motifs is 2. The Balaban J connectivity index is 1.83. The van der Waals surface area contributed by atoms with Crippen LogP contribution in [0.1, 0.15) is 6.92 Å². The largest absolute Gasteiger partial charge is 0.357 e. The molecule has 34 heavy (non-hydrogen) atoms. The number of H-pyrrole nitrogens is 1. The smallest absolute Gasteiger partial charge is 0.274 e. The van der Waals surface area contributed by atoms with Crippen LogP contribution in [0.3, 0.4) is 0 Å². The number of anilines is 2. The van der Waals surface area contributed by atoms with Crippen molar-refractivity contribution in [3.05, 3.63) is 77.1 Å². The van der Waals surface area contributed by atoms with Gasteiger partial charge in [-0.3, -0.25) is 9.20 Å². The van der Waals surface area contributed by atoms with E-state index in [2.05, 4.69) is 15.3 Å². The molecule has 5 rings (SSSR count). The summed E-state index contributed by atoms with van der Waals surface area (Å²) in [5.41, 5.74) is 1.95. The molecule has 5 aromatic rings. The maximum absolute atomic E-state index is 14.5. The topological polar surface area (TPSA) is 101 Å². The predicted octanol–water partition coefficient (Wildman–Crippen LogP) is 4.00. The Kier molecular flexibility index (Phi) is 5.01. The number of imidazole rings is 1. The number of benzene rings is 1. The van der Waals surface area contributed by atoms with Crippen LogP contribution in [0.2, 0.25) is 0 Å². The standard InChI is InChI=1S/C23H19F2N5O3S/c1-3-34(32,33)21-10-27-20-9-19(28-18-5-4-13(24)8-17(18)25)16(12-30(20)21)15-11-29(2)23(31)22-14(15)6-7-26-22/h4-12,26,28H,3H2,1-2H3. The van der Waals surface area contributed by atoms with Gasteiger partial charge in [0.05, 0.1) is 23.3 Å². The summed E-state index contributed by atoms with van der Waals surface area (Å²) in [6.45, 7) is 1.54. The molecule has 174 valence electrons. The molecule has 4 aromatic heterocycles. The van der Waals surface area contributed by atoms with Gasteiger partial charge in [0.25, 0.3) is 5.56 Å². The number of pyridine rings is 2. The number of nitrogens with zero attached hydrogens (tertiary/aromatic N) is 3. The Morgan fingerprint density at radius 2 is 1.88 bits per heavy atom. The zero-order valence-corrected chi connectivity index (χ0v) is 19.0. The molecule has 0 bridgehead atoms. The third-order valence-electron chi connectivity index (χ3n) is 5.70. The van der Waals surface area contributed by atoms with Crippen LogP contribution in [0.5, 0.6) is 0 Å². The first-order valence-corrected chi connectivity index (χ1v) is 12.0. The minimum absolute atomic E-state index is 0.0147. The summed E-state index contributed by atoms with van der Waals surface area (Å²) in [5, 5.41) is 3.59. The molecule has 0 atom stereocenters. The van der Waals surface area contributed by atoms with E-state index in [-0.39, 0.29) is 22.0 Å². The van der Waals surface area contributed by atoms with Crippen molar-refractivity contribution < 1.29 is 17.2 Å². The van der Waals surface area contributed by atoms with Gasteiger partial charge in [0.2, 0.25) is 0 Å². The lowest BCUT2D eigenvalue weighted by Crippen LogP contribution is -2.16. The number of hydrogen-bond donors (Lipinski definition) is 2. The van der Waals surface area contributed by atoms with Crippen LogP contribution < -0.4 is 10.9 Å². The quantitative estimate of drug-likeness (QED) is 0.394. The van der Waals surface area contributed by atoms with E-state index in [0.717, 1.165) is 12.1 Å². The van der Waals surface area contributed by atoms with Gasteiger partial charge in [0.15, 0.2) is 14.9 Å². The highest BCUT2D eigenvalue weighted by molar-refractivity contribution is 7.91. The Labute approximate surface area is 192 Å². The summed E-state index contributed by atoms with van der Waals surface area (Å²) in [7, 11) is -1.99. The van der Waals surface area contributed by atoms with Gasteiger partial charge in [-0.15, -0.1) is 0 Å². The summed E-state index contributed by atoms with van der Waals surface area (Å²) < 4.78 is 56.0. The molecule has 0 aliphatic rings.